The van der Waals surface area contributed by atoms with Gasteiger partial charge in [-0.1, -0.05) is 24.2 Å². The van der Waals surface area contributed by atoms with Gasteiger partial charge in [-0.25, -0.2) is 0 Å². The summed E-state index contributed by atoms with van der Waals surface area (Å²) < 4.78 is 36.3. The molecule has 0 fully saturated rings. The molecule has 0 unspecified atom stereocenters. The zero-order valence-corrected chi connectivity index (χ0v) is 8.69. The number of hydrogen-bond donors (Lipinski definition) is 1. The molecule has 1 rings (SSSR count). The number of alkyl halides is 3. The van der Waals surface area contributed by atoms with Crippen molar-refractivity contribution in [3.8, 4) is 0 Å². The molecule has 0 radical (unpaired) electrons. The average Bonchev–Trinajstić information content (AvgIpc) is 2.15. The SMILES string of the molecule is C=C(C(=O)Nc1cccc(Cl)c1)C(F)(F)F. The second kappa shape index (κ2) is 4.57. The number of halogens is 4. The van der Waals surface area contributed by atoms with Gasteiger partial charge in [0.1, 0.15) is 5.57 Å². The van der Waals surface area contributed by atoms with E-state index in [0.29, 0.717) is 5.02 Å². The summed E-state index contributed by atoms with van der Waals surface area (Å²) in [7, 11) is 0. The minimum absolute atomic E-state index is 0.183. The van der Waals surface area contributed by atoms with Gasteiger partial charge < -0.3 is 5.32 Å². The zero-order valence-electron chi connectivity index (χ0n) is 7.94. The molecule has 0 aromatic heterocycles. The van der Waals surface area contributed by atoms with Crippen LogP contribution in [0.15, 0.2) is 36.4 Å². The normalized spacial score (nSPS) is 11.0. The lowest BCUT2D eigenvalue weighted by molar-refractivity contribution is -0.126. The molecule has 1 aromatic rings. The van der Waals surface area contributed by atoms with Gasteiger partial charge in [-0.15, -0.1) is 0 Å². The molecule has 0 heterocycles. The summed E-state index contributed by atoms with van der Waals surface area (Å²) in [5.74, 6) is -1.30. The second-order valence-corrected chi connectivity index (χ2v) is 3.38. The van der Waals surface area contributed by atoms with E-state index in [1.54, 1.807) is 0 Å². The van der Waals surface area contributed by atoms with Gasteiger partial charge in [-0.2, -0.15) is 13.2 Å². The Labute approximate surface area is 94.7 Å². The molecule has 0 bridgehead atoms. The zero-order chi connectivity index (χ0) is 12.3. The summed E-state index contributed by atoms with van der Waals surface area (Å²) in [6.45, 7) is 2.67. The van der Waals surface area contributed by atoms with Crippen molar-refractivity contribution in [1.82, 2.24) is 0 Å². The van der Waals surface area contributed by atoms with Gasteiger partial charge in [0.05, 0.1) is 0 Å². The number of carbonyl (C=O) groups excluding carboxylic acids is 1. The molecular formula is C10H7ClF3NO. The van der Waals surface area contributed by atoms with Crippen LogP contribution in [0.2, 0.25) is 5.02 Å². The van der Waals surface area contributed by atoms with Crippen LogP contribution in [0, 0.1) is 0 Å². The summed E-state index contributed by atoms with van der Waals surface area (Å²) in [6.07, 6.45) is -4.73. The van der Waals surface area contributed by atoms with Crippen LogP contribution in [-0.4, -0.2) is 12.1 Å². The van der Waals surface area contributed by atoms with E-state index in [1.807, 2.05) is 5.32 Å². The molecule has 1 aromatic carbocycles. The summed E-state index contributed by atoms with van der Waals surface area (Å²) in [6, 6.07) is 5.81. The quantitative estimate of drug-likeness (QED) is 0.800. The van der Waals surface area contributed by atoms with Crippen LogP contribution >= 0.6 is 11.6 Å². The number of anilines is 1. The molecule has 16 heavy (non-hydrogen) atoms. The van der Waals surface area contributed by atoms with Crippen molar-refractivity contribution in [3.05, 3.63) is 41.4 Å². The average molecular weight is 250 g/mol. The summed E-state index contributed by atoms with van der Waals surface area (Å²) in [5.41, 5.74) is -1.27. The number of benzene rings is 1. The highest BCUT2D eigenvalue weighted by atomic mass is 35.5. The number of rotatable bonds is 2. The van der Waals surface area contributed by atoms with Crippen molar-refractivity contribution < 1.29 is 18.0 Å². The number of hydrogen-bond acceptors (Lipinski definition) is 1. The van der Waals surface area contributed by atoms with Crippen LogP contribution < -0.4 is 5.32 Å². The van der Waals surface area contributed by atoms with Crippen LogP contribution in [0.5, 0.6) is 0 Å². The van der Waals surface area contributed by atoms with Gasteiger partial charge in [-0.3, -0.25) is 4.79 Å². The molecule has 0 aliphatic rings. The maximum Gasteiger partial charge on any atom is 0.421 e. The van der Waals surface area contributed by atoms with Gasteiger partial charge in [0, 0.05) is 10.7 Å². The minimum atomic E-state index is -4.73. The number of nitrogens with one attached hydrogen (secondary N) is 1. The van der Waals surface area contributed by atoms with Crippen molar-refractivity contribution in [2.24, 2.45) is 0 Å². The molecule has 0 saturated carbocycles. The van der Waals surface area contributed by atoms with E-state index in [4.69, 9.17) is 11.6 Å². The van der Waals surface area contributed by atoms with Gasteiger partial charge in [0.25, 0.3) is 5.91 Å². The van der Waals surface area contributed by atoms with Gasteiger partial charge in [-0.05, 0) is 18.2 Å². The number of carbonyl (C=O) groups is 1. The standard InChI is InChI=1S/C10H7ClF3NO/c1-6(10(12,13)14)9(16)15-8-4-2-3-7(11)5-8/h2-5H,1H2,(H,15,16). The Kier molecular flexibility index (Phi) is 3.59. The third-order valence-electron chi connectivity index (χ3n) is 1.70. The van der Waals surface area contributed by atoms with Gasteiger partial charge in [0.2, 0.25) is 0 Å². The van der Waals surface area contributed by atoms with Crippen molar-refractivity contribution in [2.75, 3.05) is 5.32 Å². The van der Waals surface area contributed by atoms with Crippen molar-refractivity contribution >= 4 is 23.2 Å². The molecule has 0 saturated heterocycles. The second-order valence-electron chi connectivity index (χ2n) is 2.94. The minimum Gasteiger partial charge on any atom is -0.322 e. The van der Waals surface area contributed by atoms with Crippen LogP contribution in [0.1, 0.15) is 0 Å². The Bertz CT molecular complexity index is 428. The van der Waals surface area contributed by atoms with Crippen LogP contribution in [-0.2, 0) is 4.79 Å². The molecule has 1 amide bonds. The Morgan fingerprint density at radius 2 is 2.00 bits per heavy atom. The highest BCUT2D eigenvalue weighted by Crippen LogP contribution is 2.25. The lowest BCUT2D eigenvalue weighted by atomic mass is 10.2. The van der Waals surface area contributed by atoms with E-state index in [9.17, 15) is 18.0 Å². The lowest BCUT2D eigenvalue weighted by Gasteiger charge is -2.10. The van der Waals surface area contributed by atoms with Crippen molar-refractivity contribution in [3.63, 3.8) is 0 Å². The van der Waals surface area contributed by atoms with Crippen LogP contribution in [0.3, 0.4) is 0 Å². The topological polar surface area (TPSA) is 29.1 Å². The first-order chi connectivity index (χ1) is 7.30. The monoisotopic (exact) mass is 249 g/mol. The molecular weight excluding hydrogens is 243 g/mol. The molecule has 0 spiro atoms. The number of amides is 1. The van der Waals surface area contributed by atoms with E-state index < -0.39 is 17.7 Å². The molecule has 6 heteroatoms. The highest BCUT2D eigenvalue weighted by Gasteiger charge is 2.36. The van der Waals surface area contributed by atoms with Crippen LogP contribution in [0.25, 0.3) is 0 Å². The maximum absolute atomic E-state index is 12.1. The fourth-order valence-electron chi connectivity index (χ4n) is 0.902. The van der Waals surface area contributed by atoms with E-state index >= 15 is 0 Å². The highest BCUT2D eigenvalue weighted by molar-refractivity contribution is 6.30. The Morgan fingerprint density at radius 3 is 2.50 bits per heavy atom. The summed E-state index contributed by atoms with van der Waals surface area (Å²) in [4.78, 5) is 11.1. The maximum atomic E-state index is 12.1. The Morgan fingerprint density at radius 1 is 1.38 bits per heavy atom. The fraction of sp³-hybridized carbons (Fsp3) is 0.100. The largest absolute Gasteiger partial charge is 0.421 e. The van der Waals surface area contributed by atoms with Crippen LogP contribution in [0.4, 0.5) is 18.9 Å². The van der Waals surface area contributed by atoms with Crippen molar-refractivity contribution in [2.45, 2.75) is 6.18 Å². The van der Waals surface area contributed by atoms with Gasteiger partial charge >= 0.3 is 6.18 Å². The fourth-order valence-corrected chi connectivity index (χ4v) is 1.09. The van der Waals surface area contributed by atoms with E-state index in [-0.39, 0.29) is 5.69 Å². The smallest absolute Gasteiger partial charge is 0.322 e. The van der Waals surface area contributed by atoms with E-state index in [0.717, 1.165) is 0 Å². The molecule has 1 N–H and O–H groups in total. The summed E-state index contributed by atoms with van der Waals surface area (Å²) in [5, 5.41) is 2.36. The predicted octanol–water partition coefficient (Wildman–Crippen LogP) is 3.40. The molecule has 0 aliphatic heterocycles. The van der Waals surface area contributed by atoms with Crippen molar-refractivity contribution in [1.29, 1.82) is 0 Å². The third kappa shape index (κ3) is 3.27. The Balaban J connectivity index is 2.76. The molecule has 2 nitrogen and oxygen atoms in total. The Hall–Kier alpha value is -1.49. The van der Waals surface area contributed by atoms with Gasteiger partial charge in [0.15, 0.2) is 0 Å². The molecule has 86 valence electrons. The first kappa shape index (κ1) is 12.6. The molecule has 0 aliphatic carbocycles. The predicted molar refractivity (Wildman–Crippen MR) is 55.3 cm³/mol. The molecule has 0 atom stereocenters. The lowest BCUT2D eigenvalue weighted by Crippen LogP contribution is -2.24. The summed E-state index contributed by atoms with van der Waals surface area (Å²) >= 11 is 5.60. The van der Waals surface area contributed by atoms with E-state index in [1.165, 1.54) is 24.3 Å². The van der Waals surface area contributed by atoms with E-state index in [2.05, 4.69) is 6.58 Å². The first-order valence-corrected chi connectivity index (χ1v) is 4.51. The third-order valence-corrected chi connectivity index (χ3v) is 1.93. The first-order valence-electron chi connectivity index (χ1n) is 4.13.